The summed E-state index contributed by atoms with van der Waals surface area (Å²) in [4.78, 5) is 21.6. The standard InChI is InChI=1S/C25H30N6O3S/c1-16-13-22(29-28-16)26-21-14-19(31-9-11-34-12-10-31)15-23(27-21)35-20-7-5-18(6-8-20)24(32)17(2)25(33)30(3)4/h5-8,13-15,24,32H,2,9-12H2,1,3-4H3,(H2,26,27,28,29). The van der Waals surface area contributed by atoms with E-state index in [4.69, 9.17) is 9.72 Å². The highest BCUT2D eigenvalue weighted by Gasteiger charge is 2.20. The maximum Gasteiger partial charge on any atom is 0.251 e. The van der Waals surface area contributed by atoms with Gasteiger partial charge in [-0.3, -0.25) is 9.89 Å². The molecule has 1 saturated heterocycles. The van der Waals surface area contributed by atoms with E-state index in [1.165, 1.54) is 16.7 Å². The van der Waals surface area contributed by atoms with E-state index < -0.39 is 6.10 Å². The van der Waals surface area contributed by atoms with Gasteiger partial charge in [0.25, 0.3) is 5.91 Å². The second kappa shape index (κ2) is 10.9. The molecular weight excluding hydrogens is 464 g/mol. The SMILES string of the molecule is C=C(C(=O)N(C)C)C(O)c1ccc(Sc2cc(N3CCOCC3)cc(Nc3cc(C)n[nH]3)n2)cc1. The van der Waals surface area contributed by atoms with E-state index in [-0.39, 0.29) is 11.5 Å². The molecule has 0 aliphatic carbocycles. The topological polar surface area (TPSA) is 107 Å². The van der Waals surface area contributed by atoms with Crippen LogP contribution in [-0.2, 0) is 9.53 Å². The average molecular weight is 495 g/mol. The van der Waals surface area contributed by atoms with Crippen LogP contribution in [0.5, 0.6) is 0 Å². The molecule has 2 aromatic heterocycles. The summed E-state index contributed by atoms with van der Waals surface area (Å²) in [6, 6.07) is 13.4. The zero-order chi connectivity index (χ0) is 24.9. The highest BCUT2D eigenvalue weighted by atomic mass is 32.2. The molecule has 1 aliphatic rings. The van der Waals surface area contributed by atoms with Crippen molar-refractivity contribution in [1.82, 2.24) is 20.1 Å². The van der Waals surface area contributed by atoms with Gasteiger partial charge in [-0.15, -0.1) is 0 Å². The van der Waals surface area contributed by atoms with Gasteiger partial charge >= 0.3 is 0 Å². The molecule has 0 radical (unpaired) electrons. The molecule has 9 nitrogen and oxygen atoms in total. The molecule has 3 heterocycles. The number of hydrogen-bond acceptors (Lipinski definition) is 8. The van der Waals surface area contributed by atoms with Gasteiger partial charge in [0.05, 0.1) is 18.9 Å². The van der Waals surface area contributed by atoms with Crippen molar-refractivity contribution >= 4 is 35.0 Å². The summed E-state index contributed by atoms with van der Waals surface area (Å²) in [5, 5.41) is 21.8. The van der Waals surface area contributed by atoms with Crippen LogP contribution in [0.3, 0.4) is 0 Å². The number of aliphatic hydroxyl groups excluding tert-OH is 1. The smallest absolute Gasteiger partial charge is 0.251 e. The quantitative estimate of drug-likeness (QED) is 0.409. The maximum atomic E-state index is 12.1. The predicted molar refractivity (Wildman–Crippen MR) is 137 cm³/mol. The van der Waals surface area contributed by atoms with Gasteiger partial charge in [-0.05, 0) is 30.7 Å². The third-order valence-corrected chi connectivity index (χ3v) is 6.49. The maximum absolute atomic E-state index is 12.1. The minimum absolute atomic E-state index is 0.139. The first-order chi connectivity index (χ1) is 16.8. The molecule has 1 fully saturated rings. The minimum Gasteiger partial charge on any atom is -0.383 e. The normalized spacial score (nSPS) is 14.5. The van der Waals surface area contributed by atoms with Crippen LogP contribution in [0.4, 0.5) is 17.3 Å². The summed E-state index contributed by atoms with van der Waals surface area (Å²) in [6.45, 7) is 8.70. The number of aromatic nitrogens is 3. The lowest BCUT2D eigenvalue weighted by molar-refractivity contribution is -0.125. The lowest BCUT2D eigenvalue weighted by Gasteiger charge is -2.29. The number of carbonyl (C=O) groups excluding carboxylic acids is 1. The van der Waals surface area contributed by atoms with Crippen molar-refractivity contribution < 1.29 is 14.6 Å². The summed E-state index contributed by atoms with van der Waals surface area (Å²) in [5.74, 6) is 1.19. The summed E-state index contributed by atoms with van der Waals surface area (Å²) in [6.07, 6.45) is -1.06. The summed E-state index contributed by atoms with van der Waals surface area (Å²) in [7, 11) is 3.27. The molecule has 184 valence electrons. The van der Waals surface area contributed by atoms with E-state index in [1.54, 1.807) is 26.2 Å². The van der Waals surface area contributed by atoms with Gasteiger partial charge in [0.15, 0.2) is 0 Å². The van der Waals surface area contributed by atoms with Crippen LogP contribution in [0.25, 0.3) is 0 Å². The number of H-pyrrole nitrogens is 1. The van der Waals surface area contributed by atoms with Crippen LogP contribution in [0.1, 0.15) is 17.4 Å². The molecule has 3 N–H and O–H groups in total. The van der Waals surface area contributed by atoms with Crippen molar-refractivity contribution in [2.75, 3.05) is 50.6 Å². The predicted octanol–water partition coefficient (Wildman–Crippen LogP) is 3.52. The average Bonchev–Trinajstić information content (AvgIpc) is 3.27. The number of likely N-dealkylation sites (N-methyl/N-ethyl adjacent to an activating group) is 1. The number of ether oxygens (including phenoxy) is 1. The Labute approximate surface area is 209 Å². The Morgan fingerprint density at radius 3 is 2.57 bits per heavy atom. The van der Waals surface area contributed by atoms with Crippen LogP contribution in [0.2, 0.25) is 0 Å². The molecule has 4 rings (SSSR count). The first-order valence-electron chi connectivity index (χ1n) is 11.3. The van der Waals surface area contributed by atoms with Gasteiger partial charge in [-0.1, -0.05) is 30.5 Å². The van der Waals surface area contributed by atoms with Crippen molar-refractivity contribution in [2.45, 2.75) is 22.9 Å². The molecule has 1 aromatic carbocycles. The number of nitrogens with one attached hydrogen (secondary N) is 2. The Bertz CT molecular complexity index is 1190. The van der Waals surface area contributed by atoms with Crippen LogP contribution < -0.4 is 10.2 Å². The molecule has 1 atom stereocenters. The number of morpholine rings is 1. The minimum atomic E-state index is -1.06. The summed E-state index contributed by atoms with van der Waals surface area (Å²) in [5.41, 5.74) is 2.71. The number of anilines is 3. The van der Waals surface area contributed by atoms with E-state index in [9.17, 15) is 9.90 Å². The van der Waals surface area contributed by atoms with Gasteiger partial charge < -0.3 is 25.0 Å². The van der Waals surface area contributed by atoms with E-state index in [0.29, 0.717) is 24.6 Å². The van der Waals surface area contributed by atoms with Crippen molar-refractivity contribution in [3.63, 3.8) is 0 Å². The monoisotopic (exact) mass is 494 g/mol. The fourth-order valence-electron chi connectivity index (χ4n) is 3.68. The lowest BCUT2D eigenvalue weighted by atomic mass is 10.0. The fourth-order valence-corrected chi connectivity index (χ4v) is 4.52. The Morgan fingerprint density at radius 2 is 1.94 bits per heavy atom. The number of aromatic amines is 1. The van der Waals surface area contributed by atoms with Gasteiger partial charge in [0.1, 0.15) is 22.8 Å². The van der Waals surface area contributed by atoms with E-state index >= 15 is 0 Å². The molecule has 3 aromatic rings. The number of benzene rings is 1. The highest BCUT2D eigenvalue weighted by Crippen LogP contribution is 2.33. The zero-order valence-electron chi connectivity index (χ0n) is 20.1. The Balaban J connectivity index is 1.54. The number of aliphatic hydroxyl groups is 1. The number of pyridine rings is 1. The summed E-state index contributed by atoms with van der Waals surface area (Å²) >= 11 is 1.52. The van der Waals surface area contributed by atoms with Crippen molar-refractivity contribution in [3.05, 3.63) is 65.9 Å². The third kappa shape index (κ3) is 6.21. The second-order valence-electron chi connectivity index (χ2n) is 8.49. The number of hydrogen-bond donors (Lipinski definition) is 3. The molecule has 0 saturated carbocycles. The fraction of sp³-hybridized carbons (Fsp3) is 0.320. The Morgan fingerprint density at radius 1 is 1.23 bits per heavy atom. The second-order valence-corrected chi connectivity index (χ2v) is 9.59. The molecule has 1 aliphatic heterocycles. The molecule has 0 spiro atoms. The zero-order valence-corrected chi connectivity index (χ0v) is 20.9. The highest BCUT2D eigenvalue weighted by molar-refractivity contribution is 7.99. The lowest BCUT2D eigenvalue weighted by Crippen LogP contribution is -2.36. The van der Waals surface area contributed by atoms with Gasteiger partial charge in [-0.25, -0.2) is 4.98 Å². The van der Waals surface area contributed by atoms with Crippen LogP contribution >= 0.6 is 11.8 Å². The third-order valence-electron chi connectivity index (χ3n) is 5.56. The Kier molecular flexibility index (Phi) is 7.74. The molecule has 10 heteroatoms. The molecule has 1 amide bonds. The number of nitrogens with zero attached hydrogens (tertiary/aromatic N) is 4. The van der Waals surface area contributed by atoms with Crippen LogP contribution in [-0.4, -0.2) is 71.5 Å². The van der Waals surface area contributed by atoms with Gasteiger partial charge in [0, 0.05) is 55.5 Å². The van der Waals surface area contributed by atoms with E-state index in [2.05, 4.69) is 33.1 Å². The van der Waals surface area contributed by atoms with Crippen LogP contribution in [0.15, 0.2) is 64.5 Å². The largest absolute Gasteiger partial charge is 0.383 e. The number of amides is 1. The number of rotatable bonds is 8. The van der Waals surface area contributed by atoms with E-state index in [0.717, 1.165) is 40.2 Å². The molecular formula is C25H30N6O3S. The van der Waals surface area contributed by atoms with Gasteiger partial charge in [-0.2, -0.15) is 5.10 Å². The number of aryl methyl sites for hydroxylation is 1. The van der Waals surface area contributed by atoms with E-state index in [1.807, 2.05) is 31.2 Å². The summed E-state index contributed by atoms with van der Waals surface area (Å²) < 4.78 is 5.51. The van der Waals surface area contributed by atoms with Crippen molar-refractivity contribution in [3.8, 4) is 0 Å². The Hall–Kier alpha value is -3.34. The number of carbonyl (C=O) groups is 1. The molecule has 1 unspecified atom stereocenters. The van der Waals surface area contributed by atoms with Crippen molar-refractivity contribution in [1.29, 1.82) is 0 Å². The molecule has 0 bridgehead atoms. The van der Waals surface area contributed by atoms with Crippen LogP contribution in [0, 0.1) is 6.92 Å². The van der Waals surface area contributed by atoms with Gasteiger partial charge in [0.2, 0.25) is 0 Å². The van der Waals surface area contributed by atoms with Crippen molar-refractivity contribution in [2.24, 2.45) is 0 Å². The first kappa shape index (κ1) is 24.8. The first-order valence-corrected chi connectivity index (χ1v) is 12.1. The molecule has 35 heavy (non-hydrogen) atoms.